The Labute approximate surface area is 148 Å². The third-order valence-electron chi connectivity index (χ3n) is 4.99. The molecule has 1 aliphatic rings. The second-order valence-corrected chi connectivity index (χ2v) is 6.61. The SMILES string of the molecule is CN(CCCO)C1CCN(C(=O)c2occc2-c2ccccc2)CC1. The Hall–Kier alpha value is -2.11. The van der Waals surface area contributed by atoms with Crippen molar-refractivity contribution in [2.75, 3.05) is 33.3 Å². The fourth-order valence-electron chi connectivity index (χ4n) is 3.48. The molecular formula is C20H26N2O3. The lowest BCUT2D eigenvalue weighted by atomic mass is 10.0. The van der Waals surface area contributed by atoms with E-state index >= 15 is 0 Å². The van der Waals surface area contributed by atoms with Crippen molar-refractivity contribution in [2.24, 2.45) is 0 Å². The molecule has 2 heterocycles. The normalized spacial score (nSPS) is 15.7. The number of nitrogens with zero attached hydrogens (tertiary/aromatic N) is 2. The Morgan fingerprint density at radius 1 is 1.24 bits per heavy atom. The number of hydrogen-bond acceptors (Lipinski definition) is 4. The second-order valence-electron chi connectivity index (χ2n) is 6.61. The van der Waals surface area contributed by atoms with Crippen LogP contribution < -0.4 is 0 Å². The summed E-state index contributed by atoms with van der Waals surface area (Å²) in [5.74, 6) is 0.401. The smallest absolute Gasteiger partial charge is 0.290 e. The van der Waals surface area contributed by atoms with Gasteiger partial charge in [-0.05, 0) is 37.9 Å². The lowest BCUT2D eigenvalue weighted by molar-refractivity contribution is 0.0612. The lowest BCUT2D eigenvalue weighted by Gasteiger charge is -2.36. The molecule has 1 aromatic carbocycles. The van der Waals surface area contributed by atoms with E-state index in [9.17, 15) is 4.79 Å². The Kier molecular flexibility index (Phi) is 5.89. The van der Waals surface area contributed by atoms with Crippen molar-refractivity contribution in [2.45, 2.75) is 25.3 Å². The number of carbonyl (C=O) groups excluding carboxylic acids is 1. The van der Waals surface area contributed by atoms with E-state index in [0.29, 0.717) is 11.8 Å². The molecule has 1 saturated heterocycles. The molecule has 0 aliphatic carbocycles. The monoisotopic (exact) mass is 342 g/mol. The molecular weight excluding hydrogens is 316 g/mol. The van der Waals surface area contributed by atoms with Crippen LogP contribution in [0.1, 0.15) is 29.8 Å². The quantitative estimate of drug-likeness (QED) is 0.877. The molecule has 0 radical (unpaired) electrons. The van der Waals surface area contributed by atoms with Gasteiger partial charge >= 0.3 is 0 Å². The molecule has 1 aliphatic heterocycles. The molecule has 0 spiro atoms. The van der Waals surface area contributed by atoms with Crippen LogP contribution in [-0.2, 0) is 0 Å². The van der Waals surface area contributed by atoms with Crippen LogP contribution in [0.2, 0.25) is 0 Å². The molecule has 1 amide bonds. The zero-order valence-corrected chi connectivity index (χ0v) is 14.7. The minimum absolute atomic E-state index is 0.0275. The summed E-state index contributed by atoms with van der Waals surface area (Å²) in [6.07, 6.45) is 4.29. The van der Waals surface area contributed by atoms with Crippen LogP contribution in [0.4, 0.5) is 0 Å². The van der Waals surface area contributed by atoms with Gasteiger partial charge < -0.3 is 19.3 Å². The van der Waals surface area contributed by atoms with Crippen LogP contribution in [0.15, 0.2) is 47.1 Å². The van der Waals surface area contributed by atoms with Crippen LogP contribution in [0.25, 0.3) is 11.1 Å². The number of furan rings is 1. The van der Waals surface area contributed by atoms with Gasteiger partial charge in [0.1, 0.15) is 0 Å². The number of benzene rings is 1. The molecule has 3 rings (SSSR count). The summed E-state index contributed by atoms with van der Waals surface area (Å²) in [6.45, 7) is 2.59. The van der Waals surface area contributed by atoms with Crippen molar-refractivity contribution >= 4 is 5.91 Å². The molecule has 5 nitrogen and oxygen atoms in total. The first kappa shape index (κ1) is 17.7. The first-order valence-corrected chi connectivity index (χ1v) is 8.94. The second kappa shape index (κ2) is 8.32. The van der Waals surface area contributed by atoms with Crippen molar-refractivity contribution < 1.29 is 14.3 Å². The average Bonchev–Trinajstić information content (AvgIpc) is 3.16. The molecule has 134 valence electrons. The predicted molar refractivity (Wildman–Crippen MR) is 97.4 cm³/mol. The zero-order chi connectivity index (χ0) is 17.6. The summed E-state index contributed by atoms with van der Waals surface area (Å²) >= 11 is 0. The van der Waals surface area contributed by atoms with Crippen LogP contribution in [0.3, 0.4) is 0 Å². The van der Waals surface area contributed by atoms with E-state index in [1.54, 1.807) is 6.26 Å². The highest BCUT2D eigenvalue weighted by molar-refractivity contribution is 5.98. The highest BCUT2D eigenvalue weighted by atomic mass is 16.3. The largest absolute Gasteiger partial charge is 0.459 e. The van der Waals surface area contributed by atoms with Gasteiger partial charge in [0.2, 0.25) is 0 Å². The summed E-state index contributed by atoms with van der Waals surface area (Å²) < 4.78 is 5.53. The van der Waals surface area contributed by atoms with Gasteiger partial charge in [0.05, 0.1) is 6.26 Å². The van der Waals surface area contributed by atoms with Crippen molar-refractivity contribution in [3.63, 3.8) is 0 Å². The maximum atomic E-state index is 12.9. The van der Waals surface area contributed by atoms with Gasteiger partial charge in [-0.15, -0.1) is 0 Å². The molecule has 0 atom stereocenters. The number of aliphatic hydroxyl groups excluding tert-OH is 1. The summed E-state index contributed by atoms with van der Waals surface area (Å²) in [5, 5.41) is 8.96. The van der Waals surface area contributed by atoms with Crippen LogP contribution in [-0.4, -0.2) is 60.1 Å². The summed E-state index contributed by atoms with van der Waals surface area (Å²) in [5.41, 5.74) is 1.85. The molecule has 0 bridgehead atoms. The minimum atomic E-state index is -0.0275. The van der Waals surface area contributed by atoms with E-state index in [2.05, 4.69) is 11.9 Å². The minimum Gasteiger partial charge on any atom is -0.459 e. The fraction of sp³-hybridized carbons (Fsp3) is 0.450. The Balaban J connectivity index is 1.63. The van der Waals surface area contributed by atoms with E-state index in [0.717, 1.165) is 50.0 Å². The molecule has 0 saturated carbocycles. The van der Waals surface area contributed by atoms with Gasteiger partial charge in [-0.2, -0.15) is 0 Å². The van der Waals surface area contributed by atoms with E-state index in [1.807, 2.05) is 41.3 Å². The topological polar surface area (TPSA) is 56.9 Å². The maximum absolute atomic E-state index is 12.9. The summed E-state index contributed by atoms with van der Waals surface area (Å²) in [4.78, 5) is 17.1. The van der Waals surface area contributed by atoms with Crippen molar-refractivity contribution in [3.8, 4) is 11.1 Å². The van der Waals surface area contributed by atoms with Crippen molar-refractivity contribution in [3.05, 3.63) is 48.4 Å². The average molecular weight is 342 g/mol. The van der Waals surface area contributed by atoms with E-state index in [-0.39, 0.29) is 12.5 Å². The van der Waals surface area contributed by atoms with Crippen molar-refractivity contribution in [1.82, 2.24) is 9.80 Å². The van der Waals surface area contributed by atoms with Crippen LogP contribution in [0.5, 0.6) is 0 Å². The number of hydrogen-bond donors (Lipinski definition) is 1. The predicted octanol–water partition coefficient (Wildman–Crippen LogP) is 2.87. The number of piperidine rings is 1. The third kappa shape index (κ3) is 4.11. The number of aliphatic hydroxyl groups is 1. The summed E-state index contributed by atoms with van der Waals surface area (Å²) in [7, 11) is 2.10. The van der Waals surface area contributed by atoms with Gasteiger partial charge in [-0.25, -0.2) is 0 Å². The molecule has 1 aromatic heterocycles. The molecule has 2 aromatic rings. The first-order valence-electron chi connectivity index (χ1n) is 8.94. The van der Waals surface area contributed by atoms with Gasteiger partial charge in [0, 0.05) is 37.8 Å². The third-order valence-corrected chi connectivity index (χ3v) is 4.99. The van der Waals surface area contributed by atoms with Gasteiger partial charge in [0.15, 0.2) is 5.76 Å². The number of carbonyl (C=O) groups is 1. The van der Waals surface area contributed by atoms with Gasteiger partial charge in [0.25, 0.3) is 5.91 Å². The molecule has 5 heteroatoms. The highest BCUT2D eigenvalue weighted by Gasteiger charge is 2.28. The number of amides is 1. The first-order chi connectivity index (χ1) is 12.2. The number of likely N-dealkylation sites (tertiary alicyclic amines) is 1. The van der Waals surface area contributed by atoms with E-state index < -0.39 is 0 Å². The van der Waals surface area contributed by atoms with Crippen LogP contribution in [0, 0.1) is 0 Å². The van der Waals surface area contributed by atoms with Crippen molar-refractivity contribution in [1.29, 1.82) is 0 Å². The zero-order valence-electron chi connectivity index (χ0n) is 14.7. The molecule has 1 fully saturated rings. The fourth-order valence-corrected chi connectivity index (χ4v) is 3.48. The maximum Gasteiger partial charge on any atom is 0.290 e. The van der Waals surface area contributed by atoms with E-state index in [1.165, 1.54) is 0 Å². The molecule has 0 unspecified atom stereocenters. The highest BCUT2D eigenvalue weighted by Crippen LogP contribution is 2.27. The van der Waals surface area contributed by atoms with Gasteiger partial charge in [-0.3, -0.25) is 4.79 Å². The lowest BCUT2D eigenvalue weighted by Crippen LogP contribution is -2.45. The van der Waals surface area contributed by atoms with Crippen LogP contribution >= 0.6 is 0 Å². The van der Waals surface area contributed by atoms with Gasteiger partial charge in [-0.1, -0.05) is 30.3 Å². The standard InChI is InChI=1S/C20H26N2O3/c1-21(11-5-14-23)17-8-12-22(13-9-17)20(24)19-18(10-15-25-19)16-6-3-2-4-7-16/h2-4,6-7,10,15,17,23H,5,8-9,11-14H2,1H3. The Morgan fingerprint density at radius 2 is 1.96 bits per heavy atom. The summed E-state index contributed by atoms with van der Waals surface area (Å²) in [6, 6.07) is 12.2. The molecule has 1 N–H and O–H groups in total. The number of rotatable bonds is 6. The molecule has 25 heavy (non-hydrogen) atoms. The Morgan fingerprint density at radius 3 is 2.64 bits per heavy atom. The van der Waals surface area contributed by atoms with E-state index in [4.69, 9.17) is 9.52 Å². The Bertz CT molecular complexity index is 675.